The number of benzene rings is 2. The molecule has 2 rings (SSSR count). The van der Waals surface area contributed by atoms with Crippen molar-refractivity contribution in [3.05, 3.63) is 53.6 Å². The molecular formula is C16H15F3O2S. The maximum absolute atomic E-state index is 12.5. The Morgan fingerprint density at radius 3 is 2.18 bits per heavy atom. The second-order valence-electron chi connectivity index (χ2n) is 4.50. The Kier molecular flexibility index (Phi) is 5.24. The Morgan fingerprint density at radius 1 is 0.955 bits per heavy atom. The van der Waals surface area contributed by atoms with Crippen LogP contribution in [0.3, 0.4) is 0 Å². The van der Waals surface area contributed by atoms with Gasteiger partial charge in [0, 0.05) is 5.75 Å². The average Bonchev–Trinajstić information content (AvgIpc) is 2.52. The van der Waals surface area contributed by atoms with Crippen molar-refractivity contribution in [2.45, 2.75) is 16.8 Å². The largest absolute Gasteiger partial charge is 0.497 e. The first kappa shape index (κ1) is 16.5. The summed E-state index contributed by atoms with van der Waals surface area (Å²) in [5.74, 6) is 1.95. The van der Waals surface area contributed by atoms with Gasteiger partial charge >= 0.3 is 6.18 Å². The van der Waals surface area contributed by atoms with Gasteiger partial charge in [0.2, 0.25) is 0 Å². The van der Waals surface area contributed by atoms with Crippen LogP contribution in [0.25, 0.3) is 0 Å². The number of hydrogen-bond acceptors (Lipinski definition) is 3. The van der Waals surface area contributed by atoms with Crippen molar-refractivity contribution in [3.8, 4) is 11.5 Å². The van der Waals surface area contributed by atoms with Crippen LogP contribution in [-0.2, 0) is 11.9 Å². The van der Waals surface area contributed by atoms with E-state index in [9.17, 15) is 13.2 Å². The van der Waals surface area contributed by atoms with E-state index in [-0.39, 0.29) is 0 Å². The Bertz CT molecular complexity index is 624. The Balaban J connectivity index is 2.09. The molecule has 0 aliphatic carbocycles. The van der Waals surface area contributed by atoms with Gasteiger partial charge in [0.1, 0.15) is 11.5 Å². The SMILES string of the molecule is COc1ccc(OC)c(SCc2ccc(C(F)(F)F)cc2)c1. The van der Waals surface area contributed by atoms with Gasteiger partial charge in [0.25, 0.3) is 0 Å². The number of alkyl halides is 3. The van der Waals surface area contributed by atoms with Crippen molar-refractivity contribution in [2.75, 3.05) is 14.2 Å². The van der Waals surface area contributed by atoms with E-state index in [4.69, 9.17) is 9.47 Å². The summed E-state index contributed by atoms with van der Waals surface area (Å²) in [6, 6.07) is 10.6. The molecule has 0 N–H and O–H groups in total. The van der Waals surface area contributed by atoms with E-state index in [2.05, 4.69) is 0 Å². The lowest BCUT2D eigenvalue weighted by atomic mass is 10.1. The second kappa shape index (κ2) is 6.96. The zero-order valence-corrected chi connectivity index (χ0v) is 12.9. The zero-order valence-electron chi connectivity index (χ0n) is 12.1. The molecule has 0 spiro atoms. The van der Waals surface area contributed by atoms with E-state index in [0.29, 0.717) is 17.3 Å². The van der Waals surface area contributed by atoms with Crippen LogP contribution < -0.4 is 9.47 Å². The molecule has 0 fully saturated rings. The van der Waals surface area contributed by atoms with Gasteiger partial charge in [0.05, 0.1) is 24.7 Å². The maximum Gasteiger partial charge on any atom is 0.416 e. The molecule has 0 aliphatic rings. The lowest BCUT2D eigenvalue weighted by Gasteiger charge is -2.11. The lowest BCUT2D eigenvalue weighted by Crippen LogP contribution is -2.04. The fourth-order valence-electron chi connectivity index (χ4n) is 1.85. The molecule has 0 atom stereocenters. The minimum Gasteiger partial charge on any atom is -0.497 e. The normalized spacial score (nSPS) is 11.3. The molecule has 0 amide bonds. The van der Waals surface area contributed by atoms with Crippen LogP contribution in [0, 0.1) is 0 Å². The molecule has 22 heavy (non-hydrogen) atoms. The topological polar surface area (TPSA) is 18.5 Å². The second-order valence-corrected chi connectivity index (χ2v) is 5.52. The van der Waals surface area contributed by atoms with Crippen LogP contribution in [-0.4, -0.2) is 14.2 Å². The molecular weight excluding hydrogens is 313 g/mol. The smallest absolute Gasteiger partial charge is 0.416 e. The van der Waals surface area contributed by atoms with Crippen LogP contribution >= 0.6 is 11.8 Å². The molecule has 2 aromatic carbocycles. The van der Waals surface area contributed by atoms with Crippen LogP contribution in [0.5, 0.6) is 11.5 Å². The molecule has 2 aromatic rings. The van der Waals surface area contributed by atoms with Gasteiger partial charge in [0.15, 0.2) is 0 Å². The minimum absolute atomic E-state index is 0.543. The summed E-state index contributed by atoms with van der Waals surface area (Å²) < 4.78 is 48.0. The van der Waals surface area contributed by atoms with Crippen molar-refractivity contribution in [1.82, 2.24) is 0 Å². The van der Waals surface area contributed by atoms with Crippen molar-refractivity contribution in [1.29, 1.82) is 0 Å². The highest BCUT2D eigenvalue weighted by molar-refractivity contribution is 7.98. The van der Waals surface area contributed by atoms with Gasteiger partial charge in [-0.25, -0.2) is 0 Å². The van der Waals surface area contributed by atoms with Crippen LogP contribution in [0.2, 0.25) is 0 Å². The van der Waals surface area contributed by atoms with E-state index < -0.39 is 11.7 Å². The summed E-state index contributed by atoms with van der Waals surface area (Å²) in [6.45, 7) is 0. The summed E-state index contributed by atoms with van der Waals surface area (Å²) >= 11 is 1.48. The molecule has 0 saturated carbocycles. The van der Waals surface area contributed by atoms with Crippen LogP contribution in [0.4, 0.5) is 13.2 Å². The Morgan fingerprint density at radius 2 is 1.64 bits per heavy atom. The summed E-state index contributed by atoms with van der Waals surface area (Å²) in [6.07, 6.45) is -4.30. The van der Waals surface area contributed by atoms with Crippen LogP contribution in [0.1, 0.15) is 11.1 Å². The third kappa shape index (κ3) is 4.10. The number of methoxy groups -OCH3 is 2. The molecule has 0 radical (unpaired) electrons. The van der Waals surface area contributed by atoms with E-state index >= 15 is 0 Å². The third-order valence-corrected chi connectivity index (χ3v) is 4.15. The molecule has 0 bridgehead atoms. The summed E-state index contributed by atoms with van der Waals surface area (Å²) in [5.41, 5.74) is 0.170. The number of ether oxygens (including phenoxy) is 2. The molecule has 118 valence electrons. The van der Waals surface area contributed by atoms with Gasteiger partial charge in [-0.05, 0) is 35.9 Å². The van der Waals surface area contributed by atoms with Crippen molar-refractivity contribution in [3.63, 3.8) is 0 Å². The number of rotatable bonds is 5. The van der Waals surface area contributed by atoms with Crippen molar-refractivity contribution < 1.29 is 22.6 Å². The monoisotopic (exact) mass is 328 g/mol. The Labute approximate surface area is 131 Å². The minimum atomic E-state index is -4.30. The molecule has 0 heterocycles. The number of hydrogen-bond donors (Lipinski definition) is 0. The standard InChI is InChI=1S/C16H15F3O2S/c1-20-13-7-8-14(21-2)15(9-13)22-10-11-3-5-12(6-4-11)16(17,18)19/h3-9H,10H2,1-2H3. The summed E-state index contributed by atoms with van der Waals surface area (Å²) in [4.78, 5) is 0.877. The predicted octanol–water partition coefficient (Wildman–Crippen LogP) is 5.01. The summed E-state index contributed by atoms with van der Waals surface area (Å²) in [5, 5.41) is 0. The van der Waals surface area contributed by atoms with Gasteiger partial charge in [-0.3, -0.25) is 0 Å². The first-order valence-electron chi connectivity index (χ1n) is 6.45. The quantitative estimate of drug-likeness (QED) is 0.719. The van der Waals surface area contributed by atoms with Crippen molar-refractivity contribution >= 4 is 11.8 Å². The van der Waals surface area contributed by atoms with E-state index in [1.165, 1.54) is 23.9 Å². The molecule has 2 nitrogen and oxygen atoms in total. The average molecular weight is 328 g/mol. The molecule has 0 aliphatic heterocycles. The first-order chi connectivity index (χ1) is 10.4. The molecule has 0 unspecified atom stereocenters. The van der Waals surface area contributed by atoms with Gasteiger partial charge in [-0.1, -0.05) is 12.1 Å². The maximum atomic E-state index is 12.5. The lowest BCUT2D eigenvalue weighted by molar-refractivity contribution is -0.137. The highest BCUT2D eigenvalue weighted by atomic mass is 32.2. The van der Waals surface area contributed by atoms with E-state index in [0.717, 1.165) is 22.6 Å². The molecule has 6 heteroatoms. The Hall–Kier alpha value is -1.82. The van der Waals surface area contributed by atoms with E-state index in [1.54, 1.807) is 26.4 Å². The highest BCUT2D eigenvalue weighted by Crippen LogP contribution is 2.35. The number of halogens is 3. The van der Waals surface area contributed by atoms with Gasteiger partial charge in [-0.15, -0.1) is 11.8 Å². The van der Waals surface area contributed by atoms with E-state index in [1.807, 2.05) is 6.07 Å². The highest BCUT2D eigenvalue weighted by Gasteiger charge is 2.29. The predicted molar refractivity (Wildman–Crippen MR) is 80.6 cm³/mol. The third-order valence-electron chi connectivity index (χ3n) is 3.05. The van der Waals surface area contributed by atoms with Gasteiger partial charge in [-0.2, -0.15) is 13.2 Å². The first-order valence-corrected chi connectivity index (χ1v) is 7.43. The molecule has 0 aromatic heterocycles. The fourth-order valence-corrected chi connectivity index (χ4v) is 2.86. The van der Waals surface area contributed by atoms with Crippen LogP contribution in [0.15, 0.2) is 47.4 Å². The van der Waals surface area contributed by atoms with Gasteiger partial charge < -0.3 is 9.47 Å². The fraction of sp³-hybridized carbons (Fsp3) is 0.250. The van der Waals surface area contributed by atoms with Crippen molar-refractivity contribution in [2.24, 2.45) is 0 Å². The number of thioether (sulfide) groups is 1. The molecule has 0 saturated heterocycles. The zero-order chi connectivity index (χ0) is 16.2. The summed E-state index contributed by atoms with van der Waals surface area (Å²) in [7, 11) is 3.15.